The molecule has 2 aromatic carbocycles. The van der Waals surface area contributed by atoms with Crippen LogP contribution in [0, 0.1) is 0 Å². The maximum atomic E-state index is 12.8. The highest BCUT2D eigenvalue weighted by Crippen LogP contribution is 2.46. The molecule has 1 saturated heterocycles. The van der Waals surface area contributed by atoms with Crippen molar-refractivity contribution >= 4 is 10.8 Å². The van der Waals surface area contributed by atoms with E-state index in [0.717, 1.165) is 68.0 Å². The lowest BCUT2D eigenvalue weighted by atomic mass is 9.93. The van der Waals surface area contributed by atoms with Gasteiger partial charge in [0, 0.05) is 75.5 Å². The highest BCUT2D eigenvalue weighted by Gasteiger charge is 2.30. The summed E-state index contributed by atoms with van der Waals surface area (Å²) in [5.41, 5.74) is 7.70. The zero-order valence-electron chi connectivity index (χ0n) is 31.5. The second kappa shape index (κ2) is 19.0. The molecule has 1 atom stereocenters. The van der Waals surface area contributed by atoms with Crippen molar-refractivity contribution in [2.75, 3.05) is 46.9 Å². The fourth-order valence-corrected chi connectivity index (χ4v) is 7.06. The summed E-state index contributed by atoms with van der Waals surface area (Å²) in [4.78, 5) is 22.2. The molecule has 2 fully saturated rings. The van der Waals surface area contributed by atoms with Gasteiger partial charge in [-0.1, -0.05) is 71.4 Å². The Morgan fingerprint density at radius 2 is 1.65 bits per heavy atom. The van der Waals surface area contributed by atoms with E-state index in [2.05, 4.69) is 70.5 Å². The van der Waals surface area contributed by atoms with Crippen molar-refractivity contribution in [3.63, 3.8) is 0 Å². The van der Waals surface area contributed by atoms with E-state index in [-0.39, 0.29) is 5.56 Å². The Kier molecular flexibility index (Phi) is 14.9. The first-order valence-corrected chi connectivity index (χ1v) is 18.8. The minimum Gasteiger partial charge on any atom is -0.496 e. The minimum absolute atomic E-state index is 0.0219. The lowest BCUT2D eigenvalue weighted by Gasteiger charge is -2.35. The molecule has 0 spiro atoms. The molecule has 3 heterocycles. The Hall–Kier alpha value is -3.52. The molecule has 7 heteroatoms. The van der Waals surface area contributed by atoms with Crippen LogP contribution in [0.4, 0.5) is 0 Å². The van der Waals surface area contributed by atoms with Gasteiger partial charge < -0.3 is 19.5 Å². The van der Waals surface area contributed by atoms with E-state index in [1.807, 2.05) is 47.0 Å². The molecular weight excluding hydrogens is 606 g/mol. The number of fused-ring (bicyclic) bond motifs is 1. The van der Waals surface area contributed by atoms with Gasteiger partial charge in [-0.3, -0.25) is 14.7 Å². The molecule has 7 nitrogen and oxygen atoms in total. The van der Waals surface area contributed by atoms with E-state index >= 15 is 0 Å². The normalized spacial score (nSPS) is 15.6. The van der Waals surface area contributed by atoms with Gasteiger partial charge in [-0.2, -0.15) is 0 Å². The van der Waals surface area contributed by atoms with Crippen LogP contribution in [-0.2, 0) is 20.0 Å². The second-order valence-electron chi connectivity index (χ2n) is 13.0. The van der Waals surface area contributed by atoms with E-state index in [1.165, 1.54) is 54.4 Å². The van der Waals surface area contributed by atoms with Crippen LogP contribution < -0.4 is 15.6 Å². The second-order valence-corrected chi connectivity index (χ2v) is 13.0. The molecule has 1 aliphatic heterocycles. The number of rotatable bonds is 13. The fraction of sp³-hybridized carbons (Fsp3) is 0.524. The lowest BCUT2D eigenvalue weighted by Crippen LogP contribution is -2.46. The molecule has 2 aromatic heterocycles. The molecule has 1 saturated carbocycles. The van der Waals surface area contributed by atoms with Crippen LogP contribution in [0.5, 0.6) is 5.75 Å². The first-order chi connectivity index (χ1) is 24.0. The molecule has 0 amide bonds. The zero-order chi connectivity index (χ0) is 35.3. The molecular formula is C42H61N5O2. The topological polar surface area (TPSA) is 62.6 Å². The number of pyridine rings is 2. The molecule has 6 rings (SSSR count). The number of hydrogen-bond donors (Lipinski definition) is 1. The molecule has 1 N–H and O–H groups in total. The predicted octanol–water partition coefficient (Wildman–Crippen LogP) is 8.35. The van der Waals surface area contributed by atoms with Crippen LogP contribution >= 0.6 is 0 Å². The first-order valence-electron chi connectivity index (χ1n) is 18.8. The number of aryl methyl sites for hydroxylation is 2. The summed E-state index contributed by atoms with van der Waals surface area (Å²) in [6.45, 7) is 16.7. The monoisotopic (exact) mass is 667 g/mol. The van der Waals surface area contributed by atoms with E-state index < -0.39 is 0 Å². The summed E-state index contributed by atoms with van der Waals surface area (Å²) in [6, 6.07) is 16.2. The van der Waals surface area contributed by atoms with Crippen molar-refractivity contribution in [1.29, 1.82) is 0 Å². The predicted molar refractivity (Wildman–Crippen MR) is 207 cm³/mol. The standard InChI is InChI=1S/C38H49N5O2.2C2H6/c1-5-7-36(39-2)29-11-9-27(10-12-29)8-6-17-42-18-20-43(21-19-42)26-35-32(28-13-14-28)22-30(23-37(35)45-4)34-25-41(3)38(44)33-24-40-16-15-31(33)34;2*1-2/h9-12,15-16,22-25,28,36,39H,5-8,13-14,17-21,26H2,1-4H3;2*1-2H3. The van der Waals surface area contributed by atoms with Gasteiger partial charge in [0.2, 0.25) is 0 Å². The van der Waals surface area contributed by atoms with Gasteiger partial charge in [0.05, 0.1) is 12.5 Å². The van der Waals surface area contributed by atoms with Crippen LogP contribution in [0.15, 0.2) is 65.8 Å². The molecule has 0 radical (unpaired) electrons. The molecule has 1 aliphatic carbocycles. The first kappa shape index (κ1) is 38.3. The minimum atomic E-state index is -0.0219. The lowest BCUT2D eigenvalue weighted by molar-refractivity contribution is 0.125. The van der Waals surface area contributed by atoms with E-state index in [1.54, 1.807) is 24.1 Å². The third-order valence-electron chi connectivity index (χ3n) is 9.87. The Morgan fingerprint density at radius 1 is 0.959 bits per heavy atom. The van der Waals surface area contributed by atoms with Gasteiger partial charge in [0.15, 0.2) is 0 Å². The third-order valence-corrected chi connectivity index (χ3v) is 9.87. The highest BCUT2D eigenvalue weighted by molar-refractivity contribution is 5.95. The van der Waals surface area contributed by atoms with Gasteiger partial charge in [-0.15, -0.1) is 0 Å². The average Bonchev–Trinajstić information content (AvgIpc) is 4.01. The number of benzene rings is 2. The summed E-state index contributed by atoms with van der Waals surface area (Å²) >= 11 is 0. The van der Waals surface area contributed by atoms with Crippen LogP contribution in [0.2, 0.25) is 0 Å². The summed E-state index contributed by atoms with van der Waals surface area (Å²) < 4.78 is 7.73. The van der Waals surface area contributed by atoms with Crippen molar-refractivity contribution in [2.45, 2.75) is 91.6 Å². The number of piperazine rings is 1. The molecule has 49 heavy (non-hydrogen) atoms. The Balaban J connectivity index is 0.00000130. The molecule has 1 unspecified atom stereocenters. The SMILES string of the molecule is CC.CC.CCCC(NC)c1ccc(CCCN2CCN(Cc3c(OC)cc(-c4cn(C)c(=O)c5cnccc45)cc3C3CC3)CC2)cc1. The van der Waals surface area contributed by atoms with E-state index in [4.69, 9.17) is 4.74 Å². The number of aromatic nitrogens is 2. The van der Waals surface area contributed by atoms with Crippen LogP contribution in [0.3, 0.4) is 0 Å². The summed E-state index contributed by atoms with van der Waals surface area (Å²) in [6.07, 6.45) is 12.5. The quantitative estimate of drug-likeness (QED) is 0.155. The molecule has 4 aromatic rings. The number of ether oxygens (including phenoxy) is 1. The van der Waals surface area contributed by atoms with E-state index in [0.29, 0.717) is 17.3 Å². The van der Waals surface area contributed by atoms with Crippen molar-refractivity contribution in [3.8, 4) is 16.9 Å². The smallest absolute Gasteiger partial charge is 0.259 e. The summed E-state index contributed by atoms with van der Waals surface area (Å²) in [5, 5.41) is 5.03. The fourth-order valence-electron chi connectivity index (χ4n) is 7.06. The highest BCUT2D eigenvalue weighted by atomic mass is 16.5. The number of hydrogen-bond acceptors (Lipinski definition) is 6. The van der Waals surface area contributed by atoms with Crippen LogP contribution in [0.1, 0.15) is 101 Å². The van der Waals surface area contributed by atoms with Crippen molar-refractivity contribution in [3.05, 3.63) is 93.7 Å². The Bertz CT molecular complexity index is 1650. The maximum absolute atomic E-state index is 12.8. The summed E-state index contributed by atoms with van der Waals surface area (Å²) in [7, 11) is 5.66. The van der Waals surface area contributed by atoms with Gasteiger partial charge >= 0.3 is 0 Å². The summed E-state index contributed by atoms with van der Waals surface area (Å²) in [5.74, 6) is 1.54. The van der Waals surface area contributed by atoms with Crippen molar-refractivity contribution in [1.82, 2.24) is 24.7 Å². The number of nitrogens with one attached hydrogen (secondary N) is 1. The van der Waals surface area contributed by atoms with Gasteiger partial charge in [-0.25, -0.2) is 0 Å². The van der Waals surface area contributed by atoms with Gasteiger partial charge in [0.25, 0.3) is 5.56 Å². The number of nitrogens with zero attached hydrogens (tertiary/aromatic N) is 4. The Morgan fingerprint density at radius 3 is 2.29 bits per heavy atom. The van der Waals surface area contributed by atoms with Gasteiger partial charge in [-0.05, 0) is 91.4 Å². The van der Waals surface area contributed by atoms with Crippen molar-refractivity contribution < 1.29 is 4.74 Å². The zero-order valence-corrected chi connectivity index (χ0v) is 31.5. The van der Waals surface area contributed by atoms with E-state index in [9.17, 15) is 4.79 Å². The molecule has 2 aliphatic rings. The maximum Gasteiger partial charge on any atom is 0.259 e. The largest absolute Gasteiger partial charge is 0.496 e. The molecule has 266 valence electrons. The molecule has 0 bridgehead atoms. The van der Waals surface area contributed by atoms with Crippen molar-refractivity contribution in [2.24, 2.45) is 7.05 Å². The van der Waals surface area contributed by atoms with Crippen LogP contribution in [0.25, 0.3) is 21.9 Å². The van der Waals surface area contributed by atoms with Gasteiger partial charge in [0.1, 0.15) is 5.75 Å². The average molecular weight is 668 g/mol. The third kappa shape index (κ3) is 9.59. The number of methoxy groups -OCH3 is 1. The van der Waals surface area contributed by atoms with Crippen LogP contribution in [-0.4, -0.2) is 66.2 Å². The Labute approximate surface area is 295 Å².